The molecule has 0 unspecified atom stereocenters. The fourth-order valence-electron chi connectivity index (χ4n) is 4.46. The van der Waals surface area contributed by atoms with Gasteiger partial charge in [0.2, 0.25) is 0 Å². The number of benzene rings is 1. The third kappa shape index (κ3) is 6.00. The molecule has 8 nitrogen and oxygen atoms in total. The summed E-state index contributed by atoms with van der Waals surface area (Å²) in [5.41, 5.74) is 4.29. The van der Waals surface area contributed by atoms with Crippen LogP contribution in [-0.4, -0.2) is 51.1 Å². The van der Waals surface area contributed by atoms with Crippen LogP contribution in [0.2, 0.25) is 0 Å². The maximum atomic E-state index is 12.4. The molecular weight excluding hydrogens is 446 g/mol. The Morgan fingerprint density at radius 1 is 1.17 bits per heavy atom. The van der Waals surface area contributed by atoms with E-state index in [9.17, 15) is 14.7 Å². The lowest BCUT2D eigenvalue weighted by molar-refractivity contribution is -0.156. The number of aryl methyl sites for hydroxylation is 3. The highest BCUT2D eigenvalue weighted by Gasteiger charge is 2.26. The molecule has 3 atom stereocenters. The Kier molecular flexibility index (Phi) is 8.51. The van der Waals surface area contributed by atoms with Crippen molar-refractivity contribution in [2.24, 2.45) is 13.0 Å². The number of aromatic nitrogens is 3. The monoisotopic (exact) mass is 483 g/mol. The summed E-state index contributed by atoms with van der Waals surface area (Å²) in [6.45, 7) is 9.61. The molecule has 0 radical (unpaired) electrons. The number of rotatable bonds is 10. The van der Waals surface area contributed by atoms with Crippen molar-refractivity contribution in [3.63, 3.8) is 0 Å². The number of ether oxygens (including phenoxy) is 2. The second kappa shape index (κ2) is 11.2. The third-order valence-corrected chi connectivity index (χ3v) is 6.20. The lowest BCUT2D eigenvalue weighted by Gasteiger charge is -2.20. The summed E-state index contributed by atoms with van der Waals surface area (Å²) >= 11 is 0. The number of fused-ring (bicyclic) bond motifs is 1. The van der Waals surface area contributed by atoms with Crippen molar-refractivity contribution in [3.8, 4) is 11.4 Å². The van der Waals surface area contributed by atoms with Crippen molar-refractivity contribution in [1.29, 1.82) is 0 Å². The topological polar surface area (TPSA) is 95.6 Å². The second-order valence-electron chi connectivity index (χ2n) is 9.63. The number of methoxy groups -OCH3 is 1. The molecule has 0 amide bonds. The van der Waals surface area contributed by atoms with Gasteiger partial charge in [-0.3, -0.25) is 9.59 Å². The summed E-state index contributed by atoms with van der Waals surface area (Å²) in [5, 5.41) is 10.1. The highest BCUT2D eigenvalue weighted by Crippen LogP contribution is 2.30. The van der Waals surface area contributed by atoms with Gasteiger partial charge in [0.15, 0.2) is 0 Å². The van der Waals surface area contributed by atoms with Crippen LogP contribution in [0.1, 0.15) is 51.3 Å². The number of aliphatic hydroxyl groups excluding tert-OH is 1. The number of carbonyl (C=O) groups excluding carboxylic acids is 1. The van der Waals surface area contributed by atoms with E-state index in [1.54, 1.807) is 52.6 Å². The van der Waals surface area contributed by atoms with Gasteiger partial charge in [-0.05, 0) is 71.2 Å². The lowest BCUT2D eigenvalue weighted by atomic mass is 9.95. The average Bonchev–Trinajstić information content (AvgIpc) is 3.15. The predicted molar refractivity (Wildman–Crippen MR) is 136 cm³/mol. The molecule has 1 aromatic carbocycles. The Morgan fingerprint density at radius 2 is 1.89 bits per heavy atom. The maximum Gasteiger partial charge on any atom is 0.311 e. The number of nitrogens with zero attached hydrogens (tertiary/aromatic N) is 3. The van der Waals surface area contributed by atoms with Gasteiger partial charge in [-0.25, -0.2) is 4.98 Å². The molecule has 0 saturated carbocycles. The number of hydrogen-bond acceptors (Lipinski definition) is 6. The van der Waals surface area contributed by atoms with Crippen molar-refractivity contribution in [3.05, 3.63) is 51.9 Å². The smallest absolute Gasteiger partial charge is 0.311 e. The minimum Gasteiger partial charge on any atom is -0.463 e. The Bertz CT molecular complexity index is 1220. The van der Waals surface area contributed by atoms with Crippen LogP contribution in [0.4, 0.5) is 0 Å². The first-order chi connectivity index (χ1) is 16.5. The van der Waals surface area contributed by atoms with Gasteiger partial charge in [0.25, 0.3) is 5.56 Å². The fraction of sp³-hybridized carbons (Fsp3) is 0.519. The number of pyridine rings is 1. The van der Waals surface area contributed by atoms with E-state index in [2.05, 4.69) is 11.5 Å². The van der Waals surface area contributed by atoms with Gasteiger partial charge in [0.1, 0.15) is 5.82 Å². The van der Waals surface area contributed by atoms with Crippen molar-refractivity contribution in [2.75, 3.05) is 13.7 Å². The Labute approximate surface area is 206 Å². The van der Waals surface area contributed by atoms with Crippen LogP contribution in [0.25, 0.3) is 22.4 Å². The van der Waals surface area contributed by atoms with E-state index < -0.39 is 12.0 Å². The van der Waals surface area contributed by atoms with E-state index >= 15 is 0 Å². The van der Waals surface area contributed by atoms with Gasteiger partial charge >= 0.3 is 5.97 Å². The highest BCUT2D eigenvalue weighted by molar-refractivity contribution is 5.81. The Morgan fingerprint density at radius 3 is 2.49 bits per heavy atom. The molecule has 0 fully saturated rings. The maximum absolute atomic E-state index is 12.4. The molecule has 2 aromatic heterocycles. The quantitative estimate of drug-likeness (QED) is 0.441. The van der Waals surface area contributed by atoms with Crippen LogP contribution in [-0.2, 0) is 27.7 Å². The third-order valence-electron chi connectivity index (χ3n) is 6.20. The van der Waals surface area contributed by atoms with Crippen LogP contribution in [0.15, 0.2) is 35.3 Å². The number of esters is 1. The van der Waals surface area contributed by atoms with Gasteiger partial charge in [0, 0.05) is 31.5 Å². The molecule has 0 aliphatic heterocycles. The molecule has 190 valence electrons. The molecule has 35 heavy (non-hydrogen) atoms. The highest BCUT2D eigenvalue weighted by atomic mass is 16.5. The zero-order valence-corrected chi connectivity index (χ0v) is 21.7. The van der Waals surface area contributed by atoms with Gasteiger partial charge in [-0.15, -0.1) is 0 Å². The van der Waals surface area contributed by atoms with Gasteiger partial charge in [-0.1, -0.05) is 6.07 Å². The standard InChI is InChI=1S/C27H37N3O5/c1-16(2)35-27(33)22(19(5)31)10-8-20-9-11-24-23(13-20)28-25(30(24)18(4)15-34-7)21-12-17(3)26(32)29(6)14-21/h9,11-14,16,18-19,22,31H,8,10,15H2,1-7H3/t18-,19+,22-/m0/s1. The van der Waals surface area contributed by atoms with Crippen molar-refractivity contribution < 1.29 is 19.4 Å². The lowest BCUT2D eigenvalue weighted by Crippen LogP contribution is -2.30. The van der Waals surface area contributed by atoms with E-state index in [-0.39, 0.29) is 23.7 Å². The molecule has 0 spiro atoms. The molecule has 2 heterocycles. The van der Waals surface area contributed by atoms with Gasteiger partial charge in [0.05, 0.1) is 41.8 Å². The average molecular weight is 484 g/mol. The summed E-state index contributed by atoms with van der Waals surface area (Å²) in [6, 6.07) is 7.98. The Hall–Kier alpha value is -2.97. The molecule has 8 heteroatoms. The van der Waals surface area contributed by atoms with Crippen LogP contribution < -0.4 is 5.56 Å². The fourth-order valence-corrected chi connectivity index (χ4v) is 4.46. The van der Waals surface area contributed by atoms with Gasteiger partial charge in [-0.2, -0.15) is 0 Å². The molecule has 1 N–H and O–H groups in total. The molecule has 3 rings (SSSR count). The van der Waals surface area contributed by atoms with Crippen molar-refractivity contribution in [1.82, 2.24) is 14.1 Å². The molecule has 0 aliphatic rings. The zero-order valence-electron chi connectivity index (χ0n) is 21.7. The van der Waals surface area contributed by atoms with E-state index in [1.165, 1.54) is 0 Å². The molecule has 0 bridgehead atoms. The normalized spacial score (nSPS) is 14.3. The summed E-state index contributed by atoms with van der Waals surface area (Å²) in [4.78, 5) is 29.6. The van der Waals surface area contributed by atoms with E-state index in [1.807, 2.05) is 24.3 Å². The number of carbonyl (C=O) groups is 1. The minimum atomic E-state index is -0.793. The van der Waals surface area contributed by atoms with E-state index in [0.29, 0.717) is 25.0 Å². The van der Waals surface area contributed by atoms with E-state index in [4.69, 9.17) is 14.5 Å². The second-order valence-corrected chi connectivity index (χ2v) is 9.63. The molecule has 0 aliphatic carbocycles. The van der Waals surface area contributed by atoms with Crippen LogP contribution in [0, 0.1) is 12.8 Å². The van der Waals surface area contributed by atoms with Gasteiger partial charge < -0.3 is 23.7 Å². The first-order valence-electron chi connectivity index (χ1n) is 12.1. The van der Waals surface area contributed by atoms with Crippen LogP contribution >= 0.6 is 0 Å². The summed E-state index contributed by atoms with van der Waals surface area (Å²) < 4.78 is 14.5. The number of imidazole rings is 1. The molecule has 0 saturated heterocycles. The predicted octanol–water partition coefficient (Wildman–Crippen LogP) is 3.80. The summed E-state index contributed by atoms with van der Waals surface area (Å²) in [5.74, 6) is -0.194. The summed E-state index contributed by atoms with van der Waals surface area (Å²) in [6.07, 6.45) is 1.87. The zero-order chi connectivity index (χ0) is 25.9. The SMILES string of the molecule is COC[C@H](C)n1c(-c2cc(C)c(=O)n(C)c2)nc2cc(CC[C@H](C(=O)OC(C)C)[C@@H](C)O)ccc21. The first kappa shape index (κ1) is 26.6. The van der Waals surface area contributed by atoms with E-state index in [0.717, 1.165) is 28.0 Å². The van der Waals surface area contributed by atoms with Crippen LogP contribution in [0.3, 0.4) is 0 Å². The van der Waals surface area contributed by atoms with Crippen LogP contribution in [0.5, 0.6) is 0 Å². The Balaban J connectivity index is 1.99. The van der Waals surface area contributed by atoms with Crippen molar-refractivity contribution in [2.45, 2.75) is 65.7 Å². The number of hydrogen-bond donors (Lipinski definition) is 1. The molecule has 3 aromatic rings. The summed E-state index contributed by atoms with van der Waals surface area (Å²) in [7, 11) is 3.41. The minimum absolute atomic E-state index is 0.0220. The number of aliphatic hydroxyl groups is 1. The molecular formula is C27H37N3O5. The first-order valence-corrected chi connectivity index (χ1v) is 12.1. The van der Waals surface area contributed by atoms with Crippen molar-refractivity contribution >= 4 is 17.0 Å². The largest absolute Gasteiger partial charge is 0.463 e.